The Balaban J connectivity index is 1.35. The Morgan fingerprint density at radius 3 is 2.67 bits per heavy atom. The van der Waals surface area contributed by atoms with Gasteiger partial charge >= 0.3 is 0 Å². The van der Waals surface area contributed by atoms with Gasteiger partial charge in [-0.3, -0.25) is 24.5 Å². The molecule has 30 heavy (non-hydrogen) atoms. The zero-order chi connectivity index (χ0) is 21.3. The number of nitrogens with zero attached hydrogens (tertiary/aromatic N) is 2. The smallest absolute Gasteiger partial charge is 0.254 e. The van der Waals surface area contributed by atoms with Crippen molar-refractivity contribution >= 4 is 24.6 Å². The van der Waals surface area contributed by atoms with Gasteiger partial charge in [-0.2, -0.15) is 0 Å². The maximum absolute atomic E-state index is 12.8. The Kier molecular flexibility index (Phi) is 5.62. The number of benzene rings is 1. The van der Waals surface area contributed by atoms with Gasteiger partial charge in [0.05, 0.1) is 0 Å². The summed E-state index contributed by atoms with van der Waals surface area (Å²) in [5.74, 6) is 0.235. The maximum atomic E-state index is 12.8. The Labute approximate surface area is 176 Å². The van der Waals surface area contributed by atoms with E-state index in [1.54, 1.807) is 0 Å². The number of carbonyl (C=O) groups excluding carboxylic acids is 4. The van der Waals surface area contributed by atoms with Crippen LogP contribution >= 0.6 is 0 Å². The molecule has 0 radical (unpaired) electrons. The van der Waals surface area contributed by atoms with Crippen LogP contribution in [0.3, 0.4) is 0 Å². The minimum atomic E-state index is -0.318. The summed E-state index contributed by atoms with van der Waals surface area (Å²) in [6, 6.07) is 6.18. The molecule has 2 aliphatic heterocycles. The lowest BCUT2D eigenvalue weighted by Gasteiger charge is -2.52. The van der Waals surface area contributed by atoms with E-state index in [0.29, 0.717) is 30.7 Å². The fraction of sp³-hybridized carbons (Fsp3) is 0.565. The highest BCUT2D eigenvalue weighted by Crippen LogP contribution is 2.56. The van der Waals surface area contributed by atoms with E-state index in [1.807, 2.05) is 22.8 Å². The summed E-state index contributed by atoms with van der Waals surface area (Å²) in [5, 5.41) is 2.14. The van der Waals surface area contributed by atoms with Crippen molar-refractivity contribution in [3.05, 3.63) is 34.9 Å². The molecule has 2 heterocycles. The van der Waals surface area contributed by atoms with Gasteiger partial charge in [-0.05, 0) is 67.6 Å². The summed E-state index contributed by atoms with van der Waals surface area (Å²) < 4.78 is 0. The monoisotopic (exact) mass is 411 g/mol. The fourth-order valence-corrected chi connectivity index (χ4v) is 5.34. The Hall–Kier alpha value is -2.70. The van der Waals surface area contributed by atoms with Crippen LogP contribution in [0.1, 0.15) is 72.9 Å². The molecule has 1 aromatic carbocycles. The summed E-state index contributed by atoms with van der Waals surface area (Å²) >= 11 is 0. The molecule has 1 aromatic rings. The van der Waals surface area contributed by atoms with E-state index in [1.165, 1.54) is 18.4 Å². The fourth-order valence-electron chi connectivity index (χ4n) is 5.34. The molecule has 1 saturated carbocycles. The number of piperidine rings is 1. The average molecular weight is 412 g/mol. The SMILES string of the molecule is CC(CCC(=O)NC=O)N1Cc2cc(C3CC4(CCN(C=O)CC4)C3)ccc2C1=O. The van der Waals surface area contributed by atoms with Gasteiger partial charge in [-0.25, -0.2) is 0 Å². The lowest BCUT2D eigenvalue weighted by atomic mass is 9.56. The number of nitrogens with one attached hydrogen (secondary N) is 1. The summed E-state index contributed by atoms with van der Waals surface area (Å²) in [5.41, 5.74) is 3.53. The first-order chi connectivity index (χ1) is 14.4. The van der Waals surface area contributed by atoms with Crippen LogP contribution in [0.25, 0.3) is 0 Å². The Morgan fingerprint density at radius 2 is 2.00 bits per heavy atom. The van der Waals surface area contributed by atoms with Crippen LogP contribution in [0.5, 0.6) is 0 Å². The van der Waals surface area contributed by atoms with Gasteiger partial charge in [-0.15, -0.1) is 0 Å². The first-order valence-electron chi connectivity index (χ1n) is 10.8. The topological polar surface area (TPSA) is 86.8 Å². The van der Waals surface area contributed by atoms with E-state index in [0.717, 1.165) is 43.5 Å². The molecule has 1 unspecified atom stereocenters. The number of amides is 4. The van der Waals surface area contributed by atoms with Gasteiger partial charge in [0.15, 0.2) is 0 Å². The normalized spacial score (nSPS) is 21.2. The second-order valence-corrected chi connectivity index (χ2v) is 9.17. The highest BCUT2D eigenvalue weighted by atomic mass is 16.2. The molecule has 7 nitrogen and oxygen atoms in total. The van der Waals surface area contributed by atoms with Crippen molar-refractivity contribution in [3.63, 3.8) is 0 Å². The van der Waals surface area contributed by atoms with E-state index >= 15 is 0 Å². The van der Waals surface area contributed by atoms with Crippen molar-refractivity contribution in [3.8, 4) is 0 Å². The second-order valence-electron chi connectivity index (χ2n) is 9.17. The third-order valence-corrected chi connectivity index (χ3v) is 7.34. The molecule has 2 fully saturated rings. The van der Waals surface area contributed by atoms with Crippen molar-refractivity contribution in [2.24, 2.45) is 5.41 Å². The lowest BCUT2D eigenvalue weighted by Crippen LogP contribution is -2.45. The minimum absolute atomic E-state index is 0.0196. The van der Waals surface area contributed by atoms with E-state index in [2.05, 4.69) is 17.4 Å². The highest BCUT2D eigenvalue weighted by Gasteiger charge is 2.46. The van der Waals surface area contributed by atoms with Gasteiger partial charge in [0, 0.05) is 37.7 Å². The lowest BCUT2D eigenvalue weighted by molar-refractivity contribution is -0.125. The largest absolute Gasteiger partial charge is 0.345 e. The maximum Gasteiger partial charge on any atom is 0.254 e. The highest BCUT2D eigenvalue weighted by molar-refractivity contribution is 5.98. The van der Waals surface area contributed by atoms with Gasteiger partial charge in [-0.1, -0.05) is 12.1 Å². The number of likely N-dealkylation sites (tertiary alicyclic amines) is 1. The van der Waals surface area contributed by atoms with Crippen molar-refractivity contribution < 1.29 is 19.2 Å². The number of carbonyl (C=O) groups is 4. The Morgan fingerprint density at radius 1 is 1.27 bits per heavy atom. The van der Waals surface area contributed by atoms with Gasteiger partial charge in [0.2, 0.25) is 18.7 Å². The van der Waals surface area contributed by atoms with Crippen LogP contribution in [0.2, 0.25) is 0 Å². The molecular weight excluding hydrogens is 382 g/mol. The molecular formula is C23H29N3O4. The van der Waals surface area contributed by atoms with E-state index in [-0.39, 0.29) is 24.3 Å². The summed E-state index contributed by atoms with van der Waals surface area (Å²) in [6.07, 6.45) is 6.61. The van der Waals surface area contributed by atoms with Gasteiger partial charge < -0.3 is 9.80 Å². The molecule has 160 valence electrons. The summed E-state index contributed by atoms with van der Waals surface area (Å²) in [4.78, 5) is 49.3. The van der Waals surface area contributed by atoms with Crippen LogP contribution in [0.15, 0.2) is 18.2 Å². The molecule has 1 atom stereocenters. The van der Waals surface area contributed by atoms with Crippen LogP contribution in [0.4, 0.5) is 0 Å². The standard InChI is InChI=1S/C23H29N3O4/c1-16(2-5-21(29)24-14-27)26-13-18-10-17(3-4-20(18)22(26)30)19-11-23(12-19)6-8-25(15-28)9-7-23/h3-4,10,14-16,19H,2,5-9,11-13H2,1H3,(H,24,27,29). The molecule has 0 bridgehead atoms. The average Bonchev–Trinajstić information content (AvgIpc) is 3.06. The molecule has 1 aliphatic carbocycles. The third-order valence-electron chi connectivity index (χ3n) is 7.34. The molecule has 1 spiro atoms. The molecule has 7 heteroatoms. The predicted molar refractivity (Wildman–Crippen MR) is 110 cm³/mol. The predicted octanol–water partition coefficient (Wildman–Crippen LogP) is 2.20. The first kappa shape index (κ1) is 20.6. The Bertz CT molecular complexity index is 852. The number of rotatable bonds is 7. The zero-order valence-electron chi connectivity index (χ0n) is 17.4. The van der Waals surface area contributed by atoms with Crippen molar-refractivity contribution in [1.29, 1.82) is 0 Å². The van der Waals surface area contributed by atoms with Crippen LogP contribution < -0.4 is 5.32 Å². The van der Waals surface area contributed by atoms with E-state index in [4.69, 9.17) is 0 Å². The molecule has 1 saturated heterocycles. The van der Waals surface area contributed by atoms with Crippen LogP contribution in [-0.2, 0) is 20.9 Å². The van der Waals surface area contributed by atoms with E-state index in [9.17, 15) is 19.2 Å². The van der Waals surface area contributed by atoms with Gasteiger partial charge in [0.1, 0.15) is 0 Å². The molecule has 4 rings (SSSR count). The van der Waals surface area contributed by atoms with Crippen molar-refractivity contribution in [2.45, 2.75) is 64.0 Å². The van der Waals surface area contributed by atoms with Crippen molar-refractivity contribution in [2.75, 3.05) is 13.1 Å². The zero-order valence-corrected chi connectivity index (χ0v) is 17.4. The number of hydrogen-bond acceptors (Lipinski definition) is 4. The number of imide groups is 1. The van der Waals surface area contributed by atoms with Gasteiger partial charge in [0.25, 0.3) is 5.91 Å². The van der Waals surface area contributed by atoms with Crippen LogP contribution in [-0.4, -0.2) is 53.6 Å². The summed E-state index contributed by atoms with van der Waals surface area (Å²) in [7, 11) is 0. The number of fused-ring (bicyclic) bond motifs is 1. The van der Waals surface area contributed by atoms with Crippen LogP contribution in [0, 0.1) is 5.41 Å². The number of hydrogen-bond donors (Lipinski definition) is 1. The molecule has 4 amide bonds. The third kappa shape index (κ3) is 3.85. The quantitative estimate of drug-likeness (QED) is 0.697. The molecule has 3 aliphatic rings. The van der Waals surface area contributed by atoms with E-state index < -0.39 is 0 Å². The molecule has 1 N–H and O–H groups in total. The molecule has 0 aromatic heterocycles. The first-order valence-corrected chi connectivity index (χ1v) is 10.8. The second kappa shape index (κ2) is 8.20. The summed E-state index contributed by atoms with van der Waals surface area (Å²) in [6.45, 7) is 4.25. The minimum Gasteiger partial charge on any atom is -0.345 e. The van der Waals surface area contributed by atoms with Crippen molar-refractivity contribution in [1.82, 2.24) is 15.1 Å².